The van der Waals surface area contributed by atoms with E-state index in [9.17, 15) is 4.79 Å². The van der Waals surface area contributed by atoms with Gasteiger partial charge in [-0.15, -0.1) is 6.58 Å². The lowest BCUT2D eigenvalue weighted by atomic mass is 9.88. The van der Waals surface area contributed by atoms with Gasteiger partial charge in [0.1, 0.15) is 5.82 Å². The Balaban J connectivity index is 1.22. The molecule has 0 N–H and O–H groups in total. The summed E-state index contributed by atoms with van der Waals surface area (Å²) >= 11 is 0. The maximum absolute atomic E-state index is 13.7. The van der Waals surface area contributed by atoms with Crippen molar-refractivity contribution < 1.29 is 4.79 Å². The van der Waals surface area contributed by atoms with Crippen molar-refractivity contribution in [1.29, 1.82) is 0 Å². The van der Waals surface area contributed by atoms with Crippen molar-refractivity contribution in [3.63, 3.8) is 0 Å². The largest absolute Gasteiger partial charge is 0.354 e. The number of piperazine rings is 1. The minimum atomic E-state index is 0.124. The Labute approximate surface area is 240 Å². The predicted octanol–water partition coefficient (Wildman–Crippen LogP) is 6.70. The minimum absolute atomic E-state index is 0.124. The lowest BCUT2D eigenvalue weighted by Gasteiger charge is -2.37. The molecule has 0 radical (unpaired) electrons. The highest BCUT2D eigenvalue weighted by molar-refractivity contribution is 5.97. The third kappa shape index (κ3) is 6.64. The molecule has 1 aliphatic carbocycles. The molecular weight excluding hydrogens is 492 g/mol. The maximum Gasteiger partial charge on any atom is 0.254 e. The van der Waals surface area contributed by atoms with Crippen LogP contribution in [0.3, 0.4) is 0 Å². The first-order valence-corrected chi connectivity index (χ1v) is 15.1. The molecule has 40 heavy (non-hydrogen) atoms. The average Bonchev–Trinajstić information content (AvgIpc) is 3.02. The number of carbonyl (C=O) groups is 1. The van der Waals surface area contributed by atoms with Crippen molar-refractivity contribution in [2.45, 2.75) is 57.4 Å². The topological polar surface area (TPSA) is 39.7 Å². The van der Waals surface area contributed by atoms with E-state index in [1.165, 1.54) is 30.4 Å². The predicted molar refractivity (Wildman–Crippen MR) is 165 cm³/mol. The summed E-state index contributed by atoms with van der Waals surface area (Å²) < 4.78 is 0. The molecule has 2 fully saturated rings. The van der Waals surface area contributed by atoms with Crippen LogP contribution in [0.1, 0.15) is 71.5 Å². The van der Waals surface area contributed by atoms with Gasteiger partial charge in [-0.25, -0.2) is 4.98 Å². The van der Waals surface area contributed by atoms with Crippen molar-refractivity contribution in [2.75, 3.05) is 44.2 Å². The van der Waals surface area contributed by atoms with Gasteiger partial charge in [-0.3, -0.25) is 9.69 Å². The van der Waals surface area contributed by atoms with Crippen LogP contribution in [-0.4, -0.2) is 66.0 Å². The monoisotopic (exact) mass is 536 g/mol. The molecule has 5 nitrogen and oxygen atoms in total. The average molecular weight is 537 g/mol. The summed E-state index contributed by atoms with van der Waals surface area (Å²) in [5.41, 5.74) is 4.55. The number of amides is 1. The fraction of sp³-hybridized carbons (Fsp3) is 0.429. The van der Waals surface area contributed by atoms with Crippen molar-refractivity contribution in [3.05, 3.63) is 108 Å². The Morgan fingerprint density at radius 1 is 0.950 bits per heavy atom. The van der Waals surface area contributed by atoms with Crippen molar-refractivity contribution in [1.82, 2.24) is 14.8 Å². The van der Waals surface area contributed by atoms with Crippen molar-refractivity contribution in [3.8, 4) is 0 Å². The normalized spacial score (nSPS) is 16.7. The van der Waals surface area contributed by atoms with Crippen LogP contribution in [0.5, 0.6) is 0 Å². The number of carbonyl (C=O) groups excluding carboxylic acids is 1. The van der Waals surface area contributed by atoms with Crippen LogP contribution >= 0.6 is 0 Å². The summed E-state index contributed by atoms with van der Waals surface area (Å²) in [6.45, 7) is 11.5. The standard InChI is InChI=1S/C35H44N4O/c1-3-22-39(31-17-11-6-12-18-31)35(40)32-19-21-36-34(28(32)2)38-26-24-37(25-27-38)23-20-33(29-13-7-4-8-14-29)30-15-9-5-10-16-30/h3-5,7-10,13-16,19,21,31,33H,1,6,11-12,17-18,20,22-27H2,2H3. The van der Waals surface area contributed by atoms with E-state index in [0.29, 0.717) is 18.5 Å². The van der Waals surface area contributed by atoms with Crippen LogP contribution in [-0.2, 0) is 0 Å². The van der Waals surface area contributed by atoms with E-state index in [1.54, 1.807) is 0 Å². The van der Waals surface area contributed by atoms with Crippen molar-refractivity contribution >= 4 is 11.7 Å². The molecule has 2 heterocycles. The van der Waals surface area contributed by atoms with Crippen LogP contribution in [0.15, 0.2) is 85.6 Å². The van der Waals surface area contributed by atoms with Gasteiger partial charge in [-0.05, 0) is 49.9 Å². The van der Waals surface area contributed by atoms with E-state index in [1.807, 2.05) is 23.2 Å². The van der Waals surface area contributed by atoms with Crippen LogP contribution in [0.2, 0.25) is 0 Å². The SMILES string of the molecule is C=CCN(C(=O)c1ccnc(N2CCN(CCC(c3ccccc3)c3ccccc3)CC2)c1C)C1CCCCC1. The molecule has 1 aliphatic heterocycles. The number of rotatable bonds is 10. The molecule has 0 spiro atoms. The van der Waals surface area contributed by atoms with Gasteiger partial charge in [0, 0.05) is 62.0 Å². The molecule has 2 aliphatic rings. The summed E-state index contributed by atoms with van der Waals surface area (Å²) in [6.07, 6.45) is 10.6. The van der Waals surface area contributed by atoms with Gasteiger partial charge in [-0.1, -0.05) is 86.0 Å². The molecule has 1 aromatic heterocycles. The second-order valence-electron chi connectivity index (χ2n) is 11.3. The third-order valence-electron chi connectivity index (χ3n) is 8.82. The molecule has 3 aromatic rings. The van der Waals surface area contributed by atoms with Crippen molar-refractivity contribution in [2.24, 2.45) is 0 Å². The van der Waals surface area contributed by atoms with E-state index in [-0.39, 0.29) is 5.91 Å². The molecule has 5 heteroatoms. The second-order valence-corrected chi connectivity index (χ2v) is 11.3. The third-order valence-corrected chi connectivity index (χ3v) is 8.82. The Hall–Kier alpha value is -3.44. The fourth-order valence-electron chi connectivity index (χ4n) is 6.55. The van der Waals surface area contributed by atoms with E-state index in [2.05, 4.69) is 84.0 Å². The highest BCUT2D eigenvalue weighted by Crippen LogP contribution is 2.30. The molecule has 1 amide bonds. The summed E-state index contributed by atoms with van der Waals surface area (Å²) in [5.74, 6) is 1.48. The fourth-order valence-corrected chi connectivity index (χ4v) is 6.55. The Morgan fingerprint density at radius 2 is 1.57 bits per heavy atom. The second kappa shape index (κ2) is 13.8. The Morgan fingerprint density at radius 3 is 2.17 bits per heavy atom. The number of nitrogens with zero attached hydrogens (tertiary/aromatic N) is 4. The summed E-state index contributed by atoms with van der Waals surface area (Å²) in [7, 11) is 0. The zero-order valence-corrected chi connectivity index (χ0v) is 24.0. The van der Waals surface area contributed by atoms with Gasteiger partial charge >= 0.3 is 0 Å². The van der Waals surface area contributed by atoms with Crippen LogP contribution < -0.4 is 4.90 Å². The first-order valence-electron chi connectivity index (χ1n) is 15.1. The maximum atomic E-state index is 13.7. The first kappa shape index (κ1) is 28.1. The van der Waals surface area contributed by atoms with Gasteiger partial charge < -0.3 is 9.80 Å². The van der Waals surface area contributed by atoms with Gasteiger partial charge in [0.15, 0.2) is 0 Å². The number of anilines is 1. The number of benzene rings is 2. The lowest BCUT2D eigenvalue weighted by molar-refractivity contribution is 0.0662. The molecule has 0 unspecified atom stereocenters. The molecule has 0 atom stereocenters. The summed E-state index contributed by atoms with van der Waals surface area (Å²) in [4.78, 5) is 25.5. The Bertz CT molecular complexity index is 1190. The van der Waals surface area contributed by atoms with Gasteiger partial charge in [0.25, 0.3) is 5.91 Å². The molecular formula is C35H44N4O. The number of aromatic nitrogens is 1. The van der Waals surface area contributed by atoms with Crippen LogP contribution in [0.4, 0.5) is 5.82 Å². The highest BCUT2D eigenvalue weighted by atomic mass is 16.2. The number of pyridine rings is 1. The van der Waals surface area contributed by atoms with Crippen LogP contribution in [0, 0.1) is 6.92 Å². The van der Waals surface area contributed by atoms with E-state index >= 15 is 0 Å². The molecule has 2 aromatic carbocycles. The summed E-state index contributed by atoms with van der Waals surface area (Å²) in [5, 5.41) is 0. The quantitative estimate of drug-likeness (QED) is 0.271. The Kier molecular flexibility index (Phi) is 9.67. The molecule has 1 saturated heterocycles. The first-order chi connectivity index (χ1) is 19.7. The van der Waals surface area contributed by atoms with E-state index in [4.69, 9.17) is 4.98 Å². The van der Waals surface area contributed by atoms with E-state index in [0.717, 1.165) is 68.9 Å². The smallest absolute Gasteiger partial charge is 0.254 e. The highest BCUT2D eigenvalue weighted by Gasteiger charge is 2.28. The minimum Gasteiger partial charge on any atom is -0.354 e. The van der Waals surface area contributed by atoms with Gasteiger partial charge in [0.05, 0.1) is 0 Å². The number of hydrogen-bond donors (Lipinski definition) is 0. The molecule has 5 rings (SSSR count). The lowest BCUT2D eigenvalue weighted by Crippen LogP contribution is -2.47. The molecule has 1 saturated carbocycles. The molecule has 0 bridgehead atoms. The summed E-state index contributed by atoms with van der Waals surface area (Å²) in [6, 6.07) is 24.0. The van der Waals surface area contributed by atoms with E-state index < -0.39 is 0 Å². The van der Waals surface area contributed by atoms with Gasteiger partial charge in [0.2, 0.25) is 0 Å². The van der Waals surface area contributed by atoms with Gasteiger partial charge in [-0.2, -0.15) is 0 Å². The zero-order valence-electron chi connectivity index (χ0n) is 24.0. The van der Waals surface area contributed by atoms with Crippen LogP contribution in [0.25, 0.3) is 0 Å². The zero-order chi connectivity index (χ0) is 27.7. The molecule has 210 valence electrons. The number of hydrogen-bond acceptors (Lipinski definition) is 4.